The lowest BCUT2D eigenvalue weighted by Gasteiger charge is -2.31. The van der Waals surface area contributed by atoms with Crippen molar-refractivity contribution in [1.29, 1.82) is 0 Å². The fourth-order valence-electron chi connectivity index (χ4n) is 2.62. The number of rotatable bonds is 4. The molecule has 1 unspecified atom stereocenters. The molecule has 18 heavy (non-hydrogen) atoms. The molecule has 0 amide bonds. The minimum Gasteiger partial charge on any atom is -0.392 e. The van der Waals surface area contributed by atoms with Crippen molar-refractivity contribution in [1.82, 2.24) is 9.55 Å². The Morgan fingerprint density at radius 3 is 2.78 bits per heavy atom. The fourth-order valence-corrected chi connectivity index (χ4v) is 2.62. The van der Waals surface area contributed by atoms with E-state index in [1.807, 2.05) is 17.7 Å². The van der Waals surface area contributed by atoms with Crippen LogP contribution < -0.4 is 0 Å². The lowest BCUT2D eigenvalue weighted by atomic mass is 9.82. The van der Waals surface area contributed by atoms with Crippen molar-refractivity contribution in [2.45, 2.75) is 57.6 Å². The van der Waals surface area contributed by atoms with Crippen LogP contribution in [0.15, 0.2) is 12.4 Å². The Kier molecular flexibility index (Phi) is 4.00. The van der Waals surface area contributed by atoms with Crippen LogP contribution in [0.3, 0.4) is 0 Å². The van der Waals surface area contributed by atoms with E-state index in [2.05, 4.69) is 4.98 Å². The third-order valence-electron chi connectivity index (χ3n) is 3.84. The number of aryl methyl sites for hydroxylation is 1. The van der Waals surface area contributed by atoms with Crippen molar-refractivity contribution in [2.75, 3.05) is 0 Å². The summed E-state index contributed by atoms with van der Waals surface area (Å²) in [5.41, 5.74) is 0. The lowest BCUT2D eigenvalue weighted by Crippen LogP contribution is -2.32. The molecule has 1 heterocycles. The molecule has 1 aromatic heterocycles. The molecule has 0 saturated heterocycles. The first kappa shape index (κ1) is 13.5. The van der Waals surface area contributed by atoms with Crippen LogP contribution in [0.1, 0.15) is 38.4 Å². The van der Waals surface area contributed by atoms with E-state index in [1.165, 1.54) is 0 Å². The smallest absolute Gasteiger partial charge is 0.248 e. The maximum absolute atomic E-state index is 13.0. The van der Waals surface area contributed by atoms with Crippen LogP contribution in [0, 0.1) is 5.92 Å². The lowest BCUT2D eigenvalue weighted by molar-refractivity contribution is -0.0622. The normalized spacial score (nSPS) is 22.0. The summed E-state index contributed by atoms with van der Waals surface area (Å²) in [6, 6.07) is 0. The van der Waals surface area contributed by atoms with Crippen LogP contribution in [-0.2, 0) is 13.0 Å². The number of halogens is 2. The van der Waals surface area contributed by atoms with Gasteiger partial charge in [-0.1, -0.05) is 0 Å². The summed E-state index contributed by atoms with van der Waals surface area (Å²) in [7, 11) is 0. The minimum atomic E-state index is -2.53. The number of alkyl halides is 2. The van der Waals surface area contributed by atoms with Crippen LogP contribution in [0.25, 0.3) is 0 Å². The highest BCUT2D eigenvalue weighted by molar-refractivity contribution is 4.96. The zero-order valence-electron chi connectivity index (χ0n) is 10.6. The van der Waals surface area contributed by atoms with Gasteiger partial charge >= 0.3 is 0 Å². The summed E-state index contributed by atoms with van der Waals surface area (Å²) in [6.07, 6.45) is 4.08. The van der Waals surface area contributed by atoms with Crippen LogP contribution in [0.4, 0.5) is 8.78 Å². The third kappa shape index (κ3) is 3.07. The van der Waals surface area contributed by atoms with Crippen LogP contribution in [0.2, 0.25) is 0 Å². The summed E-state index contributed by atoms with van der Waals surface area (Å²) < 4.78 is 28.1. The molecule has 5 heteroatoms. The van der Waals surface area contributed by atoms with Crippen molar-refractivity contribution < 1.29 is 13.9 Å². The second-order valence-electron chi connectivity index (χ2n) is 5.09. The van der Waals surface area contributed by atoms with E-state index in [4.69, 9.17) is 0 Å². The summed E-state index contributed by atoms with van der Waals surface area (Å²) in [5, 5.41) is 10.1. The second-order valence-corrected chi connectivity index (χ2v) is 5.09. The van der Waals surface area contributed by atoms with Gasteiger partial charge in [0.2, 0.25) is 5.92 Å². The molecule has 0 aromatic carbocycles. The van der Waals surface area contributed by atoms with Gasteiger partial charge in [0, 0.05) is 38.2 Å². The molecule has 0 aliphatic heterocycles. The van der Waals surface area contributed by atoms with E-state index in [0.717, 1.165) is 12.4 Å². The zero-order valence-corrected chi connectivity index (χ0v) is 10.6. The molecule has 1 N–H and O–H groups in total. The maximum Gasteiger partial charge on any atom is 0.248 e. The molecule has 1 saturated carbocycles. The Morgan fingerprint density at radius 2 is 2.17 bits per heavy atom. The van der Waals surface area contributed by atoms with Crippen LogP contribution in [-0.4, -0.2) is 26.7 Å². The van der Waals surface area contributed by atoms with Gasteiger partial charge in [-0.05, 0) is 25.7 Å². The molecule has 1 aliphatic carbocycles. The minimum absolute atomic E-state index is 0.0216. The Hall–Kier alpha value is -0.970. The molecule has 0 spiro atoms. The molecular formula is C13H20F2N2O. The highest BCUT2D eigenvalue weighted by Gasteiger charge is 2.37. The summed E-state index contributed by atoms with van der Waals surface area (Å²) >= 11 is 0. The molecule has 1 aromatic rings. The predicted molar refractivity (Wildman–Crippen MR) is 64.5 cm³/mol. The van der Waals surface area contributed by atoms with E-state index >= 15 is 0 Å². The zero-order chi connectivity index (χ0) is 13.2. The van der Waals surface area contributed by atoms with Gasteiger partial charge in [-0.2, -0.15) is 0 Å². The molecule has 102 valence electrons. The average Bonchev–Trinajstić information content (AvgIpc) is 2.76. The monoisotopic (exact) mass is 258 g/mol. The number of hydrogen-bond acceptors (Lipinski definition) is 2. The van der Waals surface area contributed by atoms with E-state index < -0.39 is 12.0 Å². The second kappa shape index (κ2) is 5.34. The van der Waals surface area contributed by atoms with Crippen LogP contribution >= 0.6 is 0 Å². The summed E-state index contributed by atoms with van der Waals surface area (Å²) in [5.74, 6) is -1.72. The fraction of sp³-hybridized carbons (Fsp3) is 0.769. The highest BCUT2D eigenvalue weighted by atomic mass is 19.3. The molecule has 1 aliphatic rings. The average molecular weight is 258 g/mol. The Balaban J connectivity index is 1.91. The molecule has 0 radical (unpaired) electrons. The van der Waals surface area contributed by atoms with E-state index in [1.54, 1.807) is 6.20 Å². The van der Waals surface area contributed by atoms with Gasteiger partial charge in [-0.15, -0.1) is 0 Å². The SMILES string of the molecule is CCn1ccnc1CC(O)C1CCC(F)(F)CC1. The van der Waals surface area contributed by atoms with E-state index in [9.17, 15) is 13.9 Å². The third-order valence-corrected chi connectivity index (χ3v) is 3.84. The van der Waals surface area contributed by atoms with Gasteiger partial charge in [0.05, 0.1) is 6.10 Å². The van der Waals surface area contributed by atoms with Crippen molar-refractivity contribution >= 4 is 0 Å². The Labute approximate surface area is 106 Å². The number of imidazole rings is 1. The van der Waals surface area contributed by atoms with Gasteiger partial charge in [-0.25, -0.2) is 13.8 Å². The van der Waals surface area contributed by atoms with Gasteiger partial charge in [0.25, 0.3) is 0 Å². The topological polar surface area (TPSA) is 38.0 Å². The Morgan fingerprint density at radius 1 is 1.50 bits per heavy atom. The first-order valence-electron chi connectivity index (χ1n) is 6.58. The van der Waals surface area contributed by atoms with Gasteiger partial charge in [0.1, 0.15) is 5.82 Å². The number of aliphatic hydroxyl groups is 1. The van der Waals surface area contributed by atoms with Crippen molar-refractivity contribution in [2.24, 2.45) is 5.92 Å². The number of aromatic nitrogens is 2. The largest absolute Gasteiger partial charge is 0.392 e. The summed E-state index contributed by atoms with van der Waals surface area (Å²) in [6.45, 7) is 2.82. The van der Waals surface area contributed by atoms with Crippen molar-refractivity contribution in [3.05, 3.63) is 18.2 Å². The predicted octanol–water partition coefficient (Wildman–Crippen LogP) is 2.63. The molecule has 1 atom stereocenters. The maximum atomic E-state index is 13.0. The highest BCUT2D eigenvalue weighted by Crippen LogP contribution is 2.37. The van der Waals surface area contributed by atoms with E-state index in [0.29, 0.717) is 19.3 Å². The summed E-state index contributed by atoms with van der Waals surface area (Å²) in [4.78, 5) is 4.21. The van der Waals surface area contributed by atoms with Gasteiger partial charge in [0.15, 0.2) is 0 Å². The molecule has 0 bridgehead atoms. The van der Waals surface area contributed by atoms with Crippen molar-refractivity contribution in [3.63, 3.8) is 0 Å². The van der Waals surface area contributed by atoms with Gasteiger partial charge in [-0.3, -0.25) is 0 Å². The number of nitrogens with zero attached hydrogens (tertiary/aromatic N) is 2. The number of aliphatic hydroxyl groups excluding tert-OH is 1. The molecule has 1 fully saturated rings. The standard InChI is InChI=1S/C13H20F2N2O/c1-2-17-8-7-16-12(17)9-11(18)10-3-5-13(14,15)6-4-10/h7-8,10-11,18H,2-6,9H2,1H3. The number of hydrogen-bond donors (Lipinski definition) is 1. The molecular weight excluding hydrogens is 238 g/mol. The van der Waals surface area contributed by atoms with Crippen molar-refractivity contribution in [3.8, 4) is 0 Å². The first-order chi connectivity index (χ1) is 8.52. The molecule has 2 rings (SSSR count). The van der Waals surface area contributed by atoms with E-state index in [-0.39, 0.29) is 18.8 Å². The first-order valence-corrected chi connectivity index (χ1v) is 6.58. The van der Waals surface area contributed by atoms with Gasteiger partial charge < -0.3 is 9.67 Å². The van der Waals surface area contributed by atoms with Crippen LogP contribution in [0.5, 0.6) is 0 Å². The Bertz CT molecular complexity index is 382. The molecule has 3 nitrogen and oxygen atoms in total. The quantitative estimate of drug-likeness (QED) is 0.901.